The van der Waals surface area contributed by atoms with Crippen LogP contribution in [-0.2, 0) is 33.9 Å². The Labute approximate surface area is 238 Å². The highest BCUT2D eigenvalue weighted by molar-refractivity contribution is 5.94. The van der Waals surface area contributed by atoms with Gasteiger partial charge in [-0.2, -0.15) is 0 Å². The van der Waals surface area contributed by atoms with Crippen molar-refractivity contribution in [1.29, 1.82) is 0 Å². The molecule has 10 heteroatoms. The third-order valence-corrected chi connectivity index (χ3v) is 7.30. The maximum atomic E-state index is 14.3. The summed E-state index contributed by atoms with van der Waals surface area (Å²) in [7, 11) is 1.59. The molecule has 9 nitrogen and oxygen atoms in total. The smallest absolute Gasteiger partial charge is 0.321 e. The van der Waals surface area contributed by atoms with Gasteiger partial charge in [0, 0.05) is 44.0 Å². The summed E-state index contributed by atoms with van der Waals surface area (Å²) in [5.74, 6) is -0.0528. The van der Waals surface area contributed by atoms with Gasteiger partial charge in [-0.05, 0) is 41.5 Å². The third-order valence-electron chi connectivity index (χ3n) is 7.30. The molecule has 41 heavy (non-hydrogen) atoms. The zero-order valence-corrected chi connectivity index (χ0v) is 22.9. The number of rotatable bonds is 9. The molecule has 0 radical (unpaired) electrons. The van der Waals surface area contributed by atoms with Crippen molar-refractivity contribution in [1.82, 2.24) is 15.1 Å². The van der Waals surface area contributed by atoms with Crippen LogP contribution >= 0.6 is 0 Å². The fraction of sp³-hybridized carbons (Fsp3) is 0.323. The molecule has 3 aromatic rings. The number of carbonyl (C=O) groups excluding carboxylic acids is 3. The maximum Gasteiger partial charge on any atom is 0.321 e. The van der Waals surface area contributed by atoms with E-state index >= 15 is 0 Å². The van der Waals surface area contributed by atoms with Crippen molar-refractivity contribution in [3.05, 3.63) is 95.3 Å². The van der Waals surface area contributed by atoms with E-state index in [0.29, 0.717) is 25.2 Å². The Morgan fingerprint density at radius 2 is 1.71 bits per heavy atom. The molecule has 0 saturated carbocycles. The van der Waals surface area contributed by atoms with Crippen molar-refractivity contribution < 1.29 is 28.2 Å². The summed E-state index contributed by atoms with van der Waals surface area (Å²) in [6, 6.07) is 21.0. The molecule has 2 saturated heterocycles. The molecule has 0 spiro atoms. The Bertz CT molecular complexity index is 1380. The lowest BCUT2D eigenvalue weighted by Crippen LogP contribution is -2.40. The van der Waals surface area contributed by atoms with Gasteiger partial charge in [-0.25, -0.2) is 9.18 Å². The van der Waals surface area contributed by atoms with E-state index in [9.17, 15) is 18.8 Å². The van der Waals surface area contributed by atoms with E-state index in [4.69, 9.17) is 9.47 Å². The number of amides is 4. The standard InChI is InChI=1S/C31H33FN4O5/c1-40-26-12-8-23(9-13-26)17-34-18-27(41-21-24-4-2-3-5-28(24)32)19-35(20-30(34)38)29(37)16-22-6-10-25(11-7-22)36-15-14-33-31(36)39/h2-13,27H,14-21H2,1H3,(H,33,39)/t27-/m1/s1. The number of nitrogens with one attached hydrogen (secondary N) is 1. The first kappa shape index (κ1) is 28.1. The van der Waals surface area contributed by atoms with Crippen molar-refractivity contribution in [2.75, 3.05) is 44.7 Å². The predicted octanol–water partition coefficient (Wildman–Crippen LogP) is 3.36. The fourth-order valence-corrected chi connectivity index (χ4v) is 5.00. The van der Waals surface area contributed by atoms with Crippen LogP contribution in [0.3, 0.4) is 0 Å². The van der Waals surface area contributed by atoms with Crippen molar-refractivity contribution >= 4 is 23.5 Å². The molecule has 2 aliphatic heterocycles. The first-order chi connectivity index (χ1) is 19.9. The summed E-state index contributed by atoms with van der Waals surface area (Å²) in [6.07, 6.45) is -0.419. The van der Waals surface area contributed by atoms with E-state index in [-0.39, 0.29) is 56.3 Å². The fourth-order valence-electron chi connectivity index (χ4n) is 5.00. The van der Waals surface area contributed by atoms with Gasteiger partial charge in [-0.3, -0.25) is 14.5 Å². The maximum absolute atomic E-state index is 14.3. The highest BCUT2D eigenvalue weighted by atomic mass is 19.1. The minimum atomic E-state index is -0.515. The molecule has 1 N–H and O–H groups in total. The van der Waals surface area contributed by atoms with Crippen molar-refractivity contribution in [3.8, 4) is 5.75 Å². The average molecular weight is 561 g/mol. The number of carbonyl (C=O) groups is 3. The number of ether oxygens (including phenoxy) is 2. The van der Waals surface area contributed by atoms with Crippen LogP contribution in [-0.4, -0.2) is 73.6 Å². The normalized spacial score (nSPS) is 17.4. The molecule has 0 aromatic heterocycles. The highest BCUT2D eigenvalue weighted by Gasteiger charge is 2.31. The number of hydrogen-bond donors (Lipinski definition) is 1. The SMILES string of the molecule is COc1ccc(CN2C[C@@H](OCc3ccccc3F)CN(C(=O)Cc3ccc(N4CCNC4=O)cc3)CC2=O)cc1. The summed E-state index contributed by atoms with van der Waals surface area (Å²) >= 11 is 0. The number of hydrogen-bond acceptors (Lipinski definition) is 5. The summed E-state index contributed by atoms with van der Waals surface area (Å²) in [5, 5.41) is 2.77. The largest absolute Gasteiger partial charge is 0.497 e. The molecule has 3 aromatic carbocycles. The topological polar surface area (TPSA) is 91.4 Å². The Kier molecular flexibility index (Phi) is 8.79. The van der Waals surface area contributed by atoms with Crippen LogP contribution in [0, 0.1) is 5.82 Å². The number of methoxy groups -OCH3 is 1. The first-order valence-electron chi connectivity index (χ1n) is 13.6. The van der Waals surface area contributed by atoms with Crippen molar-refractivity contribution in [2.45, 2.75) is 25.7 Å². The van der Waals surface area contributed by atoms with E-state index in [1.54, 1.807) is 35.1 Å². The monoisotopic (exact) mass is 560 g/mol. The second kappa shape index (κ2) is 12.8. The minimum Gasteiger partial charge on any atom is -0.497 e. The summed E-state index contributed by atoms with van der Waals surface area (Å²) in [6.45, 7) is 1.93. The molecule has 2 heterocycles. The molecule has 0 bridgehead atoms. The van der Waals surface area contributed by atoms with Gasteiger partial charge in [-0.1, -0.05) is 42.5 Å². The zero-order chi connectivity index (χ0) is 28.8. The van der Waals surface area contributed by atoms with Gasteiger partial charge in [0.1, 0.15) is 11.6 Å². The van der Waals surface area contributed by atoms with E-state index in [2.05, 4.69) is 5.32 Å². The average Bonchev–Trinajstić information content (AvgIpc) is 3.34. The molecular formula is C31H33FN4O5. The highest BCUT2D eigenvalue weighted by Crippen LogP contribution is 2.20. The van der Waals surface area contributed by atoms with Gasteiger partial charge in [0.2, 0.25) is 11.8 Å². The Morgan fingerprint density at radius 3 is 2.39 bits per heavy atom. The van der Waals surface area contributed by atoms with E-state index in [0.717, 1.165) is 22.6 Å². The van der Waals surface area contributed by atoms with Crippen LogP contribution < -0.4 is 15.0 Å². The summed E-state index contributed by atoms with van der Waals surface area (Å²) < 4.78 is 25.6. The van der Waals surface area contributed by atoms with Crippen LogP contribution in [0.1, 0.15) is 16.7 Å². The lowest BCUT2D eigenvalue weighted by molar-refractivity contribution is -0.138. The van der Waals surface area contributed by atoms with Gasteiger partial charge in [0.25, 0.3) is 0 Å². The molecular weight excluding hydrogens is 527 g/mol. The molecule has 0 aliphatic carbocycles. The number of urea groups is 1. The Balaban J connectivity index is 1.29. The minimum absolute atomic E-state index is 0.0233. The zero-order valence-electron chi connectivity index (χ0n) is 22.9. The molecule has 5 rings (SSSR count). The lowest BCUT2D eigenvalue weighted by atomic mass is 10.1. The van der Waals surface area contributed by atoms with Crippen LogP contribution in [0.25, 0.3) is 0 Å². The molecule has 1 atom stereocenters. The third kappa shape index (κ3) is 7.01. The summed E-state index contributed by atoms with van der Waals surface area (Å²) in [5.41, 5.74) is 2.86. The molecule has 4 amide bonds. The Morgan fingerprint density at radius 1 is 0.976 bits per heavy atom. The number of anilines is 1. The molecule has 0 unspecified atom stereocenters. The number of nitrogens with zero attached hydrogens (tertiary/aromatic N) is 3. The van der Waals surface area contributed by atoms with Crippen LogP contribution in [0.2, 0.25) is 0 Å². The second-order valence-corrected chi connectivity index (χ2v) is 10.1. The lowest BCUT2D eigenvalue weighted by Gasteiger charge is -2.25. The van der Waals surface area contributed by atoms with Gasteiger partial charge in [0.15, 0.2) is 0 Å². The molecule has 2 aliphatic rings. The van der Waals surface area contributed by atoms with Crippen LogP contribution in [0.4, 0.5) is 14.9 Å². The predicted molar refractivity (Wildman–Crippen MR) is 151 cm³/mol. The molecule has 214 valence electrons. The van der Waals surface area contributed by atoms with Gasteiger partial charge >= 0.3 is 6.03 Å². The summed E-state index contributed by atoms with van der Waals surface area (Å²) in [4.78, 5) is 43.6. The van der Waals surface area contributed by atoms with Gasteiger partial charge in [-0.15, -0.1) is 0 Å². The van der Waals surface area contributed by atoms with E-state index < -0.39 is 6.10 Å². The molecule has 2 fully saturated rings. The Hall–Kier alpha value is -4.44. The number of benzene rings is 3. The van der Waals surface area contributed by atoms with Crippen molar-refractivity contribution in [2.24, 2.45) is 0 Å². The van der Waals surface area contributed by atoms with Crippen LogP contribution in [0.15, 0.2) is 72.8 Å². The first-order valence-corrected chi connectivity index (χ1v) is 13.6. The van der Waals surface area contributed by atoms with E-state index in [1.165, 1.54) is 11.0 Å². The quantitative estimate of drug-likeness (QED) is 0.434. The van der Waals surface area contributed by atoms with Crippen molar-refractivity contribution in [3.63, 3.8) is 0 Å². The van der Waals surface area contributed by atoms with Gasteiger partial charge in [0.05, 0.1) is 32.8 Å². The second-order valence-electron chi connectivity index (χ2n) is 10.1. The van der Waals surface area contributed by atoms with Crippen LogP contribution in [0.5, 0.6) is 5.75 Å². The van der Waals surface area contributed by atoms with E-state index in [1.807, 2.05) is 48.5 Å². The number of halogens is 1. The van der Waals surface area contributed by atoms with Gasteiger partial charge < -0.3 is 24.6 Å².